The monoisotopic (exact) mass is 572 g/mol. The summed E-state index contributed by atoms with van der Waals surface area (Å²) in [7, 11) is -3.38. The van der Waals surface area contributed by atoms with Gasteiger partial charge in [0.25, 0.3) is 0 Å². The van der Waals surface area contributed by atoms with Gasteiger partial charge in [0.15, 0.2) is 0 Å². The van der Waals surface area contributed by atoms with Gasteiger partial charge in [0.05, 0.1) is 18.0 Å². The zero-order valence-electron chi connectivity index (χ0n) is 24.6. The molecule has 220 valence electrons. The molecule has 1 unspecified atom stereocenters. The number of amides is 2. The molecule has 40 heavy (non-hydrogen) atoms. The number of aromatic amines is 1. The summed E-state index contributed by atoms with van der Waals surface area (Å²) in [5.41, 5.74) is 3.60. The predicted octanol–water partition coefficient (Wildman–Crippen LogP) is 3.50. The Morgan fingerprint density at radius 3 is 2.30 bits per heavy atom. The van der Waals surface area contributed by atoms with E-state index in [0.717, 1.165) is 41.6 Å². The number of piperazine rings is 1. The SMILES string of the molecule is CCCCN1C(=O)[C@H](CC(C)C)NC(=O)C12CCN(C(c1ccc(NS(C)(=O)=O)cc1)c1c(C)n[nH]c1C)CC2. The maximum Gasteiger partial charge on any atom is 0.246 e. The van der Waals surface area contributed by atoms with E-state index in [2.05, 4.69) is 45.9 Å². The summed E-state index contributed by atoms with van der Waals surface area (Å²) < 4.78 is 26.0. The van der Waals surface area contributed by atoms with Crippen LogP contribution in [0.3, 0.4) is 0 Å². The normalized spacial score (nSPS) is 20.7. The molecule has 10 nitrogen and oxygen atoms in total. The quantitative estimate of drug-likeness (QED) is 0.400. The summed E-state index contributed by atoms with van der Waals surface area (Å²) in [5, 5.41) is 10.6. The molecule has 1 aromatic heterocycles. The lowest BCUT2D eigenvalue weighted by atomic mass is 9.79. The molecular weight excluding hydrogens is 528 g/mol. The average Bonchev–Trinajstić information content (AvgIpc) is 3.21. The maximum atomic E-state index is 13.7. The van der Waals surface area contributed by atoms with Crippen molar-refractivity contribution in [2.45, 2.75) is 84.3 Å². The highest BCUT2D eigenvalue weighted by Gasteiger charge is 2.54. The van der Waals surface area contributed by atoms with Crippen molar-refractivity contribution in [2.24, 2.45) is 5.92 Å². The topological polar surface area (TPSA) is 128 Å². The van der Waals surface area contributed by atoms with Crippen LogP contribution in [0.4, 0.5) is 5.69 Å². The Labute approximate surface area is 238 Å². The van der Waals surface area contributed by atoms with E-state index in [9.17, 15) is 18.0 Å². The van der Waals surface area contributed by atoms with Crippen LogP contribution in [0.25, 0.3) is 0 Å². The first-order valence-electron chi connectivity index (χ1n) is 14.3. The van der Waals surface area contributed by atoms with E-state index in [-0.39, 0.29) is 17.9 Å². The van der Waals surface area contributed by atoms with E-state index in [4.69, 9.17) is 0 Å². The Hall–Kier alpha value is -2.92. The van der Waals surface area contributed by atoms with Crippen LogP contribution >= 0.6 is 0 Å². The third-order valence-electron chi connectivity index (χ3n) is 8.23. The molecule has 2 amide bonds. The number of rotatable bonds is 10. The first-order valence-corrected chi connectivity index (χ1v) is 16.2. The Kier molecular flexibility index (Phi) is 8.94. The Bertz CT molecular complexity index is 1290. The minimum Gasteiger partial charge on any atom is -0.342 e. The molecular formula is C29H44N6O4S. The smallest absolute Gasteiger partial charge is 0.246 e. The van der Waals surface area contributed by atoms with Crippen LogP contribution < -0.4 is 10.0 Å². The third-order valence-corrected chi connectivity index (χ3v) is 8.84. The molecule has 11 heteroatoms. The van der Waals surface area contributed by atoms with Gasteiger partial charge in [-0.05, 0) is 63.1 Å². The van der Waals surface area contributed by atoms with Crippen molar-refractivity contribution < 1.29 is 18.0 Å². The number of unbranched alkanes of at least 4 members (excludes halogenated alkanes) is 1. The maximum absolute atomic E-state index is 13.7. The fourth-order valence-electron chi connectivity index (χ4n) is 6.27. The van der Waals surface area contributed by atoms with Gasteiger partial charge in [-0.25, -0.2) is 8.42 Å². The lowest BCUT2D eigenvalue weighted by Crippen LogP contribution is -2.73. The van der Waals surface area contributed by atoms with E-state index in [1.165, 1.54) is 0 Å². The highest BCUT2D eigenvalue weighted by atomic mass is 32.2. The second-order valence-electron chi connectivity index (χ2n) is 11.8. The van der Waals surface area contributed by atoms with Gasteiger partial charge in [-0.1, -0.05) is 39.3 Å². The summed E-state index contributed by atoms with van der Waals surface area (Å²) in [6.07, 6.45) is 4.68. The van der Waals surface area contributed by atoms with Crippen molar-refractivity contribution in [1.82, 2.24) is 25.3 Å². The lowest BCUT2D eigenvalue weighted by molar-refractivity contribution is -0.162. The molecule has 0 bridgehead atoms. The number of aromatic nitrogens is 2. The molecule has 2 atom stereocenters. The third kappa shape index (κ3) is 6.20. The van der Waals surface area contributed by atoms with Crippen molar-refractivity contribution in [1.29, 1.82) is 0 Å². The van der Waals surface area contributed by atoms with Crippen LogP contribution in [0, 0.1) is 19.8 Å². The van der Waals surface area contributed by atoms with E-state index in [1.807, 2.05) is 30.9 Å². The average molecular weight is 573 g/mol. The van der Waals surface area contributed by atoms with Crippen LogP contribution in [-0.4, -0.2) is 77.7 Å². The molecule has 4 rings (SSSR count). The standard InChI is InChI=1S/C29H44N6O4S/c1-7-8-15-35-27(36)24(18-19(2)3)30-28(37)29(35)13-16-34(17-14-29)26(25-20(4)31-32-21(25)5)22-9-11-23(12-10-22)33-40(6,38)39/h9-12,19,24,26,33H,7-8,13-18H2,1-6H3,(H,30,37)(H,31,32)/t24-,26?/m0/s1. The zero-order valence-corrected chi connectivity index (χ0v) is 25.4. The summed E-state index contributed by atoms with van der Waals surface area (Å²) in [4.78, 5) is 31.6. The summed E-state index contributed by atoms with van der Waals surface area (Å²) in [6.45, 7) is 12.1. The van der Waals surface area contributed by atoms with Gasteiger partial charge in [-0.2, -0.15) is 5.10 Å². The number of hydrogen-bond acceptors (Lipinski definition) is 6. The van der Waals surface area contributed by atoms with Crippen LogP contribution in [0.1, 0.15) is 81.4 Å². The van der Waals surface area contributed by atoms with Gasteiger partial charge >= 0.3 is 0 Å². The molecule has 2 fully saturated rings. The number of carbonyl (C=O) groups excluding carboxylic acids is 2. The van der Waals surface area contributed by atoms with Crippen molar-refractivity contribution in [2.75, 3.05) is 30.6 Å². The molecule has 0 aliphatic carbocycles. The number of piperidine rings is 1. The number of sulfonamides is 1. The van der Waals surface area contributed by atoms with Crippen molar-refractivity contribution >= 4 is 27.5 Å². The molecule has 2 aliphatic heterocycles. The molecule has 2 saturated heterocycles. The van der Waals surface area contributed by atoms with Gasteiger partial charge in [-0.3, -0.25) is 24.3 Å². The highest BCUT2D eigenvalue weighted by Crippen LogP contribution is 2.40. The number of hydrogen-bond donors (Lipinski definition) is 3. The number of nitrogens with one attached hydrogen (secondary N) is 3. The number of nitrogens with zero attached hydrogens (tertiary/aromatic N) is 3. The predicted molar refractivity (Wildman–Crippen MR) is 156 cm³/mol. The number of benzene rings is 1. The molecule has 0 saturated carbocycles. The fourth-order valence-corrected chi connectivity index (χ4v) is 6.83. The summed E-state index contributed by atoms with van der Waals surface area (Å²) >= 11 is 0. The number of anilines is 1. The summed E-state index contributed by atoms with van der Waals surface area (Å²) in [5.74, 6) is 0.318. The highest BCUT2D eigenvalue weighted by molar-refractivity contribution is 7.92. The largest absolute Gasteiger partial charge is 0.342 e. The molecule has 2 aromatic rings. The minimum absolute atomic E-state index is 0.0306. The molecule has 1 spiro atoms. The molecule has 0 radical (unpaired) electrons. The summed E-state index contributed by atoms with van der Waals surface area (Å²) in [6, 6.07) is 6.83. The lowest BCUT2D eigenvalue weighted by Gasteiger charge is -2.52. The van der Waals surface area contributed by atoms with E-state index in [0.29, 0.717) is 50.5 Å². The number of aryl methyl sites for hydroxylation is 2. The minimum atomic E-state index is -3.38. The Morgan fingerprint density at radius 2 is 1.77 bits per heavy atom. The zero-order chi connectivity index (χ0) is 29.2. The van der Waals surface area contributed by atoms with Gasteiger partial charge in [0.2, 0.25) is 21.8 Å². The molecule has 2 aliphatic rings. The fraction of sp³-hybridized carbons (Fsp3) is 0.621. The Morgan fingerprint density at radius 1 is 1.12 bits per heavy atom. The van der Waals surface area contributed by atoms with E-state index in [1.54, 1.807) is 12.1 Å². The van der Waals surface area contributed by atoms with Gasteiger partial charge in [0, 0.05) is 36.6 Å². The molecule has 3 N–H and O–H groups in total. The number of carbonyl (C=O) groups is 2. The molecule has 3 heterocycles. The number of H-pyrrole nitrogens is 1. The van der Waals surface area contributed by atoms with Gasteiger partial charge in [0.1, 0.15) is 11.6 Å². The van der Waals surface area contributed by atoms with Crippen LogP contribution in [0.15, 0.2) is 24.3 Å². The first kappa shape index (κ1) is 30.0. The van der Waals surface area contributed by atoms with Crippen molar-refractivity contribution in [3.63, 3.8) is 0 Å². The first-order chi connectivity index (χ1) is 18.9. The van der Waals surface area contributed by atoms with Crippen LogP contribution in [-0.2, 0) is 19.6 Å². The van der Waals surface area contributed by atoms with E-state index >= 15 is 0 Å². The Balaban J connectivity index is 1.63. The molecule has 1 aromatic carbocycles. The number of likely N-dealkylation sites (tertiary alicyclic amines) is 1. The van der Waals surface area contributed by atoms with Gasteiger partial charge in [-0.15, -0.1) is 0 Å². The van der Waals surface area contributed by atoms with Crippen molar-refractivity contribution in [3.05, 3.63) is 46.8 Å². The van der Waals surface area contributed by atoms with Gasteiger partial charge < -0.3 is 10.2 Å². The second-order valence-corrected chi connectivity index (χ2v) is 13.6. The second kappa shape index (κ2) is 11.9. The van der Waals surface area contributed by atoms with Crippen LogP contribution in [0.5, 0.6) is 0 Å². The van der Waals surface area contributed by atoms with Crippen LogP contribution in [0.2, 0.25) is 0 Å². The van der Waals surface area contributed by atoms with Crippen molar-refractivity contribution in [3.8, 4) is 0 Å². The van der Waals surface area contributed by atoms with E-state index < -0.39 is 21.6 Å².